The standard InChI is InChI=1S/C36H49N3O8S/c1-23-5-7-27(8-6-23)48(45,46)39-17-3-4-24(20-39)32(42)38-37-22-34-14-9-26(40)19-35(34,43)15-11-30-29(34)10-13-33(2)28(12-16-36(30,33)44)25-18-31(41)47-21-25/h5-8,18,22,24,26,28-30,40,43-44H,3-4,9-17,19-21H2,1-2H3,(H,38,42)/b37-22-/t24-,26+,28-,29-,30+,33+,34-,35+,36-/m0/s1. The fraction of sp³-hybridized carbons (Fsp3) is 0.694. The van der Waals surface area contributed by atoms with Crippen LogP contribution >= 0.6 is 0 Å². The van der Waals surface area contributed by atoms with Crippen molar-refractivity contribution in [2.24, 2.45) is 39.6 Å². The van der Waals surface area contributed by atoms with E-state index in [0.29, 0.717) is 57.9 Å². The molecule has 0 unspecified atom stereocenters. The van der Waals surface area contributed by atoms with Crippen LogP contribution in [-0.2, 0) is 24.3 Å². The molecule has 0 radical (unpaired) electrons. The number of aliphatic hydroxyl groups excluding tert-OH is 1. The summed E-state index contributed by atoms with van der Waals surface area (Å²) in [6, 6.07) is 6.71. The third-order valence-electron chi connectivity index (χ3n) is 13.5. The number of benzene rings is 1. The summed E-state index contributed by atoms with van der Waals surface area (Å²) >= 11 is 0. The summed E-state index contributed by atoms with van der Waals surface area (Å²) in [6.07, 6.45) is 8.67. The van der Waals surface area contributed by atoms with E-state index in [1.54, 1.807) is 36.6 Å². The maximum atomic E-state index is 13.5. The second kappa shape index (κ2) is 12.0. The van der Waals surface area contributed by atoms with Crippen molar-refractivity contribution in [3.63, 3.8) is 0 Å². The first-order chi connectivity index (χ1) is 22.7. The number of esters is 1. The Balaban J connectivity index is 1.11. The zero-order valence-corrected chi connectivity index (χ0v) is 28.8. The summed E-state index contributed by atoms with van der Waals surface area (Å²) < 4.78 is 33.3. The number of piperidine rings is 1. The van der Waals surface area contributed by atoms with E-state index in [-0.39, 0.29) is 54.1 Å². The van der Waals surface area contributed by atoms with E-state index in [1.165, 1.54) is 4.31 Å². The molecule has 4 saturated carbocycles. The number of rotatable bonds is 6. The van der Waals surface area contributed by atoms with E-state index < -0.39 is 44.1 Å². The van der Waals surface area contributed by atoms with Crippen molar-refractivity contribution in [2.45, 2.75) is 107 Å². The van der Waals surface area contributed by atoms with E-state index in [1.807, 2.05) is 6.92 Å². The minimum absolute atomic E-state index is 0.0395. The largest absolute Gasteiger partial charge is 0.458 e. The van der Waals surface area contributed by atoms with Crippen molar-refractivity contribution in [3.8, 4) is 0 Å². The predicted molar refractivity (Wildman–Crippen MR) is 177 cm³/mol. The topological polar surface area (TPSA) is 166 Å². The van der Waals surface area contributed by atoms with E-state index in [4.69, 9.17) is 4.74 Å². The number of hydrazone groups is 1. The molecule has 0 bridgehead atoms. The molecular formula is C36H49N3O8S. The fourth-order valence-electron chi connectivity index (χ4n) is 10.9. The first-order valence-corrected chi connectivity index (χ1v) is 19.1. The summed E-state index contributed by atoms with van der Waals surface area (Å²) in [5.74, 6) is -1.48. The maximum Gasteiger partial charge on any atom is 0.331 e. The van der Waals surface area contributed by atoms with Crippen LogP contribution in [0.3, 0.4) is 0 Å². The van der Waals surface area contributed by atoms with Crippen LogP contribution in [0, 0.1) is 41.4 Å². The van der Waals surface area contributed by atoms with E-state index >= 15 is 0 Å². The Morgan fingerprint density at radius 3 is 2.52 bits per heavy atom. The summed E-state index contributed by atoms with van der Waals surface area (Å²) in [5.41, 5.74) is 1.05. The maximum absolute atomic E-state index is 13.5. The minimum Gasteiger partial charge on any atom is -0.458 e. The summed E-state index contributed by atoms with van der Waals surface area (Å²) in [5, 5.41) is 40.1. The molecule has 1 saturated heterocycles. The van der Waals surface area contributed by atoms with Gasteiger partial charge in [-0.3, -0.25) is 4.79 Å². The molecule has 1 amide bonds. The van der Waals surface area contributed by atoms with Gasteiger partial charge >= 0.3 is 5.97 Å². The minimum atomic E-state index is -3.75. The lowest BCUT2D eigenvalue weighted by molar-refractivity contribution is -0.237. The quantitative estimate of drug-likeness (QED) is 0.202. The van der Waals surface area contributed by atoms with Crippen molar-refractivity contribution >= 4 is 28.1 Å². The average molecular weight is 684 g/mol. The lowest BCUT2D eigenvalue weighted by Gasteiger charge is -2.65. The van der Waals surface area contributed by atoms with Crippen molar-refractivity contribution < 1.29 is 38.1 Å². The first kappa shape index (κ1) is 33.8. The molecule has 11 nitrogen and oxygen atoms in total. The van der Waals surface area contributed by atoms with Gasteiger partial charge in [-0.25, -0.2) is 18.6 Å². The molecule has 1 aromatic carbocycles. The molecule has 1 aromatic rings. The number of nitrogens with zero attached hydrogens (tertiary/aromatic N) is 2. The SMILES string of the molecule is Cc1ccc(S(=O)(=O)N2CCC[C@H](C(=O)N/N=C\[C@]34CC[C@@H](O)C[C@]3(O)CC[C@@H]3[C@@H]4CC[C@]4(C)[C@H](C5=CC(=O)OC5)CC[C@]34O)C2)cc1. The number of fused-ring (bicyclic) bond motifs is 5. The van der Waals surface area contributed by atoms with E-state index in [2.05, 4.69) is 17.5 Å². The zero-order valence-electron chi connectivity index (χ0n) is 27.9. The second-order valence-corrected chi connectivity index (χ2v) is 17.7. The second-order valence-electron chi connectivity index (χ2n) is 15.8. The van der Waals surface area contributed by atoms with Crippen LogP contribution in [0.15, 0.2) is 45.9 Å². The number of hydrogen-bond donors (Lipinski definition) is 4. The van der Waals surface area contributed by atoms with Gasteiger partial charge in [-0.2, -0.15) is 9.41 Å². The number of carbonyl (C=O) groups is 2. The highest BCUT2D eigenvalue weighted by atomic mass is 32.2. The normalized spacial score (nSPS) is 41.6. The Hall–Kier alpha value is -2.64. The molecule has 9 atom stereocenters. The number of amides is 1. The number of aryl methyl sites for hydroxylation is 1. The van der Waals surface area contributed by atoms with Crippen LogP contribution in [0.4, 0.5) is 0 Å². The molecule has 2 aliphatic heterocycles. The molecule has 4 N–H and O–H groups in total. The van der Waals surface area contributed by atoms with Gasteiger partial charge in [0.1, 0.15) is 6.61 Å². The third kappa shape index (κ3) is 5.20. The Labute approximate surface area is 282 Å². The number of sulfonamides is 1. The molecule has 0 spiro atoms. The van der Waals surface area contributed by atoms with Gasteiger partial charge in [0.2, 0.25) is 15.9 Å². The number of nitrogens with one attached hydrogen (secondary N) is 1. The highest BCUT2D eigenvalue weighted by Crippen LogP contribution is 2.70. The molecule has 2 heterocycles. The zero-order chi connectivity index (χ0) is 34.1. The van der Waals surface area contributed by atoms with Gasteiger partial charge in [0.05, 0.1) is 28.1 Å². The molecule has 4 aliphatic carbocycles. The molecule has 48 heavy (non-hydrogen) atoms. The third-order valence-corrected chi connectivity index (χ3v) is 15.4. The lowest BCUT2D eigenvalue weighted by atomic mass is 9.41. The Bertz CT molecular complexity index is 1630. The van der Waals surface area contributed by atoms with Crippen LogP contribution in [0.1, 0.15) is 83.1 Å². The van der Waals surface area contributed by atoms with Gasteiger partial charge in [0.15, 0.2) is 0 Å². The lowest BCUT2D eigenvalue weighted by Crippen LogP contribution is -2.68. The number of aliphatic hydroxyl groups is 3. The first-order valence-electron chi connectivity index (χ1n) is 17.6. The molecular weight excluding hydrogens is 634 g/mol. The van der Waals surface area contributed by atoms with Crippen LogP contribution in [0.25, 0.3) is 0 Å². The van der Waals surface area contributed by atoms with Crippen LogP contribution in [0.2, 0.25) is 0 Å². The van der Waals surface area contributed by atoms with Crippen molar-refractivity contribution in [1.82, 2.24) is 9.73 Å². The summed E-state index contributed by atoms with van der Waals surface area (Å²) in [6.45, 7) is 4.71. The summed E-state index contributed by atoms with van der Waals surface area (Å²) in [7, 11) is -3.75. The average Bonchev–Trinajstić information content (AvgIpc) is 3.60. The molecule has 6 aliphatic rings. The molecule has 12 heteroatoms. The van der Waals surface area contributed by atoms with Crippen molar-refractivity contribution in [2.75, 3.05) is 19.7 Å². The van der Waals surface area contributed by atoms with Gasteiger partial charge in [0.25, 0.3) is 0 Å². The molecule has 0 aromatic heterocycles. The number of hydrogen-bond acceptors (Lipinski definition) is 9. The van der Waals surface area contributed by atoms with Gasteiger partial charge in [-0.1, -0.05) is 24.6 Å². The highest BCUT2D eigenvalue weighted by molar-refractivity contribution is 7.89. The predicted octanol–water partition coefficient (Wildman–Crippen LogP) is 3.21. The van der Waals surface area contributed by atoms with Crippen molar-refractivity contribution in [3.05, 3.63) is 41.5 Å². The van der Waals surface area contributed by atoms with Crippen molar-refractivity contribution in [1.29, 1.82) is 0 Å². The molecule has 262 valence electrons. The highest BCUT2D eigenvalue weighted by Gasteiger charge is 2.71. The van der Waals surface area contributed by atoms with Crippen LogP contribution < -0.4 is 5.43 Å². The Kier molecular flexibility index (Phi) is 8.46. The van der Waals surface area contributed by atoms with Gasteiger partial charge < -0.3 is 20.1 Å². The fourth-order valence-corrected chi connectivity index (χ4v) is 12.4. The van der Waals surface area contributed by atoms with Gasteiger partial charge in [-0.05, 0) is 107 Å². The Morgan fingerprint density at radius 2 is 1.79 bits per heavy atom. The monoisotopic (exact) mass is 683 g/mol. The molecule has 7 rings (SSSR count). The number of ether oxygens (including phenoxy) is 1. The number of cyclic esters (lactones) is 1. The summed E-state index contributed by atoms with van der Waals surface area (Å²) in [4.78, 5) is 25.6. The Morgan fingerprint density at radius 1 is 1.04 bits per heavy atom. The van der Waals surface area contributed by atoms with Gasteiger partial charge in [-0.15, -0.1) is 0 Å². The smallest absolute Gasteiger partial charge is 0.331 e. The van der Waals surface area contributed by atoms with E-state index in [9.17, 15) is 33.3 Å². The number of carbonyl (C=O) groups excluding carboxylic acids is 2. The van der Waals surface area contributed by atoms with Crippen LogP contribution in [-0.4, -0.2) is 83.1 Å². The van der Waals surface area contributed by atoms with Gasteiger partial charge in [0, 0.05) is 42.6 Å². The molecule has 5 fully saturated rings. The van der Waals surface area contributed by atoms with E-state index in [0.717, 1.165) is 24.0 Å². The van der Waals surface area contributed by atoms with Crippen LogP contribution in [0.5, 0.6) is 0 Å².